The Balaban J connectivity index is 1.58. The Morgan fingerprint density at radius 3 is 2.00 bits per heavy atom. The highest BCUT2D eigenvalue weighted by Gasteiger charge is 2.35. The molecule has 1 atom stereocenters. The predicted molar refractivity (Wildman–Crippen MR) is 155 cm³/mol. The molecular weight excluding hydrogens is 549 g/mol. The van der Waals surface area contributed by atoms with Gasteiger partial charge in [0.1, 0.15) is 6.04 Å². The molecule has 3 aromatic rings. The van der Waals surface area contributed by atoms with Gasteiger partial charge in [0.2, 0.25) is 11.8 Å². The summed E-state index contributed by atoms with van der Waals surface area (Å²) in [4.78, 5) is 55.5. The molecule has 0 saturated heterocycles. The van der Waals surface area contributed by atoms with E-state index in [-0.39, 0.29) is 62.0 Å². The summed E-state index contributed by atoms with van der Waals surface area (Å²) in [5.74, 6) is -1.35. The number of hydrogen-bond donors (Lipinski definition) is 1. The quantitative estimate of drug-likeness (QED) is 0.302. The van der Waals surface area contributed by atoms with E-state index in [4.69, 9.17) is 23.2 Å². The molecule has 0 radical (unpaired) electrons. The summed E-state index contributed by atoms with van der Waals surface area (Å²) in [6, 6.07) is 20.2. The third-order valence-electron chi connectivity index (χ3n) is 6.74. The van der Waals surface area contributed by atoms with Crippen molar-refractivity contribution >= 4 is 46.8 Å². The monoisotopic (exact) mass is 579 g/mol. The minimum atomic E-state index is -0.844. The van der Waals surface area contributed by atoms with Crippen molar-refractivity contribution in [2.45, 2.75) is 51.7 Å². The van der Waals surface area contributed by atoms with E-state index in [9.17, 15) is 19.2 Å². The van der Waals surface area contributed by atoms with Crippen molar-refractivity contribution in [2.75, 3.05) is 6.54 Å². The lowest BCUT2D eigenvalue weighted by molar-refractivity contribution is -0.141. The Bertz CT molecular complexity index is 1360. The van der Waals surface area contributed by atoms with Crippen LogP contribution in [0.3, 0.4) is 0 Å². The van der Waals surface area contributed by atoms with Gasteiger partial charge in [0.05, 0.1) is 11.1 Å². The molecule has 0 spiro atoms. The van der Waals surface area contributed by atoms with Gasteiger partial charge in [-0.15, -0.1) is 0 Å². The minimum Gasteiger partial charge on any atom is -0.352 e. The summed E-state index contributed by atoms with van der Waals surface area (Å²) < 4.78 is 0. The molecule has 9 heteroatoms. The first-order valence-electron chi connectivity index (χ1n) is 13.2. The standard InChI is InChI=1S/C31H31Cl2N3O4/c1-20(2)34-29(38)27(18-21-10-4-3-5-11-21)36(19-24-25(32)14-8-15-26(24)33)28(37)16-9-17-35-30(39)22-12-6-7-13-23(22)31(35)40/h3-8,10-15,20,27H,9,16-19H2,1-2H3,(H,34,38)/t27-/m0/s1. The van der Waals surface area contributed by atoms with Gasteiger partial charge in [-0.25, -0.2) is 0 Å². The lowest BCUT2D eigenvalue weighted by Gasteiger charge is -2.32. The van der Waals surface area contributed by atoms with E-state index in [1.807, 2.05) is 44.2 Å². The van der Waals surface area contributed by atoms with Crippen molar-refractivity contribution < 1.29 is 19.2 Å². The number of rotatable bonds is 11. The van der Waals surface area contributed by atoms with E-state index in [0.29, 0.717) is 26.7 Å². The summed E-state index contributed by atoms with van der Waals surface area (Å²) in [6.45, 7) is 3.82. The maximum absolute atomic E-state index is 13.8. The van der Waals surface area contributed by atoms with Crippen molar-refractivity contribution in [1.82, 2.24) is 15.1 Å². The van der Waals surface area contributed by atoms with Gasteiger partial charge < -0.3 is 10.2 Å². The van der Waals surface area contributed by atoms with E-state index in [1.54, 1.807) is 42.5 Å². The lowest BCUT2D eigenvalue weighted by Crippen LogP contribution is -2.52. The van der Waals surface area contributed by atoms with Crippen molar-refractivity contribution in [3.05, 3.63) is 105 Å². The van der Waals surface area contributed by atoms with Crippen LogP contribution in [0.2, 0.25) is 10.0 Å². The number of fused-ring (bicyclic) bond motifs is 1. The van der Waals surface area contributed by atoms with Gasteiger partial charge >= 0.3 is 0 Å². The molecule has 1 aliphatic heterocycles. The van der Waals surface area contributed by atoms with Crippen LogP contribution in [0.15, 0.2) is 72.8 Å². The van der Waals surface area contributed by atoms with Crippen LogP contribution in [0.5, 0.6) is 0 Å². The van der Waals surface area contributed by atoms with Gasteiger partial charge in [-0.2, -0.15) is 0 Å². The Morgan fingerprint density at radius 2 is 1.43 bits per heavy atom. The molecule has 1 aliphatic rings. The number of nitrogens with one attached hydrogen (secondary N) is 1. The highest BCUT2D eigenvalue weighted by molar-refractivity contribution is 6.36. The SMILES string of the molecule is CC(C)NC(=O)[C@H](Cc1ccccc1)N(Cc1c(Cl)cccc1Cl)C(=O)CCCN1C(=O)c2ccccc2C1=O. The van der Waals surface area contributed by atoms with Crippen LogP contribution in [-0.2, 0) is 22.6 Å². The predicted octanol–water partition coefficient (Wildman–Crippen LogP) is 5.53. The average Bonchev–Trinajstić information content (AvgIpc) is 3.17. The second kappa shape index (κ2) is 13.1. The molecule has 4 amide bonds. The topological polar surface area (TPSA) is 86.8 Å². The molecule has 7 nitrogen and oxygen atoms in total. The first-order valence-corrected chi connectivity index (χ1v) is 13.9. The van der Waals surface area contributed by atoms with Crippen molar-refractivity contribution in [3.8, 4) is 0 Å². The zero-order chi connectivity index (χ0) is 28.8. The number of carbonyl (C=O) groups is 4. The van der Waals surface area contributed by atoms with Crippen LogP contribution in [0.25, 0.3) is 0 Å². The summed E-state index contributed by atoms with van der Waals surface area (Å²) >= 11 is 12.9. The van der Waals surface area contributed by atoms with Gasteiger partial charge in [0, 0.05) is 47.6 Å². The average molecular weight is 581 g/mol. The fourth-order valence-electron chi connectivity index (χ4n) is 4.76. The molecule has 1 N–H and O–H groups in total. The van der Waals surface area contributed by atoms with Crippen LogP contribution in [0.4, 0.5) is 0 Å². The number of hydrogen-bond acceptors (Lipinski definition) is 4. The van der Waals surface area contributed by atoms with E-state index in [2.05, 4.69) is 5.32 Å². The molecule has 0 bridgehead atoms. The van der Waals surface area contributed by atoms with Crippen molar-refractivity contribution in [1.29, 1.82) is 0 Å². The Labute approximate surface area is 244 Å². The largest absolute Gasteiger partial charge is 0.352 e. The highest BCUT2D eigenvalue weighted by atomic mass is 35.5. The van der Waals surface area contributed by atoms with E-state index in [1.165, 1.54) is 9.80 Å². The Hall–Kier alpha value is -3.68. The number of imide groups is 1. The van der Waals surface area contributed by atoms with Crippen LogP contribution >= 0.6 is 23.2 Å². The van der Waals surface area contributed by atoms with Gasteiger partial charge in [-0.05, 0) is 50.1 Å². The Kier molecular flexibility index (Phi) is 9.61. The van der Waals surface area contributed by atoms with Crippen LogP contribution in [0.1, 0.15) is 58.5 Å². The second-order valence-corrected chi connectivity index (χ2v) is 10.8. The molecule has 3 aromatic carbocycles. The first-order chi connectivity index (χ1) is 19.2. The second-order valence-electron chi connectivity index (χ2n) is 10.0. The van der Waals surface area contributed by atoms with E-state index < -0.39 is 6.04 Å². The molecule has 1 heterocycles. The third-order valence-corrected chi connectivity index (χ3v) is 7.45. The van der Waals surface area contributed by atoms with Crippen molar-refractivity contribution in [3.63, 3.8) is 0 Å². The zero-order valence-electron chi connectivity index (χ0n) is 22.4. The number of halogens is 2. The number of carbonyl (C=O) groups excluding carboxylic acids is 4. The Morgan fingerprint density at radius 1 is 0.850 bits per heavy atom. The van der Waals surface area contributed by atoms with Crippen LogP contribution < -0.4 is 5.32 Å². The molecule has 40 heavy (non-hydrogen) atoms. The van der Waals surface area contributed by atoms with Gasteiger partial charge in [-0.1, -0.05) is 71.7 Å². The number of amides is 4. The fourth-order valence-corrected chi connectivity index (χ4v) is 5.28. The maximum Gasteiger partial charge on any atom is 0.261 e. The molecule has 0 aromatic heterocycles. The van der Waals surface area contributed by atoms with Crippen molar-refractivity contribution in [2.24, 2.45) is 0 Å². The highest BCUT2D eigenvalue weighted by Crippen LogP contribution is 2.28. The molecule has 0 fully saturated rings. The van der Waals surface area contributed by atoms with Crippen LogP contribution in [0, 0.1) is 0 Å². The van der Waals surface area contributed by atoms with E-state index >= 15 is 0 Å². The maximum atomic E-state index is 13.8. The molecular formula is C31H31Cl2N3O4. The summed E-state index contributed by atoms with van der Waals surface area (Å²) in [7, 11) is 0. The summed E-state index contributed by atoms with van der Waals surface area (Å²) in [5.41, 5.74) is 2.15. The van der Waals surface area contributed by atoms with Gasteiger partial charge in [0.15, 0.2) is 0 Å². The fraction of sp³-hybridized carbons (Fsp3) is 0.290. The van der Waals surface area contributed by atoms with E-state index in [0.717, 1.165) is 5.56 Å². The normalized spacial score (nSPS) is 13.4. The smallest absolute Gasteiger partial charge is 0.261 e. The molecule has 0 saturated carbocycles. The first kappa shape index (κ1) is 29.3. The number of nitrogens with zero attached hydrogens (tertiary/aromatic N) is 2. The van der Waals surface area contributed by atoms with Crippen LogP contribution in [-0.4, -0.2) is 52.1 Å². The van der Waals surface area contributed by atoms with Gasteiger partial charge in [0.25, 0.3) is 11.8 Å². The third kappa shape index (κ3) is 6.72. The summed E-state index contributed by atoms with van der Waals surface area (Å²) in [6.07, 6.45) is 0.530. The van der Waals surface area contributed by atoms with Gasteiger partial charge in [-0.3, -0.25) is 24.1 Å². The molecule has 0 aliphatic carbocycles. The minimum absolute atomic E-state index is 0.00965. The summed E-state index contributed by atoms with van der Waals surface area (Å²) in [5, 5.41) is 3.72. The zero-order valence-corrected chi connectivity index (χ0v) is 23.9. The number of benzene rings is 3. The molecule has 0 unspecified atom stereocenters. The lowest BCUT2D eigenvalue weighted by atomic mass is 10.0. The molecule has 4 rings (SSSR count). The molecule has 208 valence electrons.